The van der Waals surface area contributed by atoms with E-state index in [1.54, 1.807) is 0 Å². The van der Waals surface area contributed by atoms with E-state index < -0.39 is 0 Å². The highest BCUT2D eigenvalue weighted by atomic mass is 127. The zero-order valence-corrected chi connectivity index (χ0v) is 14.7. The Labute approximate surface area is 142 Å². The van der Waals surface area contributed by atoms with Crippen LogP contribution in [0, 0.1) is 6.92 Å². The van der Waals surface area contributed by atoms with E-state index >= 15 is 0 Å². The molecule has 5 nitrogen and oxygen atoms in total. The minimum atomic E-state index is 0. The molecule has 1 heterocycles. The van der Waals surface area contributed by atoms with Gasteiger partial charge >= 0.3 is 0 Å². The summed E-state index contributed by atoms with van der Waals surface area (Å²) in [4.78, 5) is 4.37. The van der Waals surface area contributed by atoms with Gasteiger partial charge in [0.1, 0.15) is 0 Å². The Morgan fingerprint density at radius 2 is 2.10 bits per heavy atom. The monoisotopic (exact) mass is 399 g/mol. The third kappa shape index (κ3) is 5.04. The lowest BCUT2D eigenvalue weighted by Crippen LogP contribution is -2.32. The molecule has 2 rings (SSSR count). The summed E-state index contributed by atoms with van der Waals surface area (Å²) in [6, 6.07) is 10.1. The molecule has 114 valence electrons. The molecule has 1 aromatic heterocycles. The summed E-state index contributed by atoms with van der Waals surface area (Å²) < 4.78 is 1.87. The molecule has 0 spiro atoms. The van der Waals surface area contributed by atoms with E-state index in [0.717, 1.165) is 29.9 Å². The molecule has 0 amide bonds. The highest BCUT2D eigenvalue weighted by molar-refractivity contribution is 14.0. The van der Waals surface area contributed by atoms with Crippen molar-refractivity contribution in [3.05, 3.63) is 47.8 Å². The molecular weight excluding hydrogens is 377 g/mol. The number of nitrogens with one attached hydrogen (secondary N) is 1. The standard InChI is InChI=1S/C15H21N5.HI/c1-3-9-17-15(16)18-11-13-6-4-5-7-14(13)20-10-8-12(2)19-20;/h4-8,10H,3,9,11H2,1-2H3,(H3,16,17,18);1H. The van der Waals surface area contributed by atoms with Crippen LogP contribution in [0.4, 0.5) is 0 Å². The molecule has 2 aromatic rings. The van der Waals surface area contributed by atoms with Gasteiger partial charge in [-0.2, -0.15) is 5.10 Å². The minimum absolute atomic E-state index is 0. The summed E-state index contributed by atoms with van der Waals surface area (Å²) in [5.41, 5.74) is 8.94. The normalized spacial score (nSPS) is 11.0. The van der Waals surface area contributed by atoms with Crippen LogP contribution in [0.2, 0.25) is 0 Å². The quantitative estimate of drug-likeness (QED) is 0.462. The summed E-state index contributed by atoms with van der Waals surface area (Å²) in [7, 11) is 0. The number of para-hydroxylation sites is 1. The Kier molecular flexibility index (Phi) is 7.21. The van der Waals surface area contributed by atoms with Crippen LogP contribution in [-0.4, -0.2) is 22.3 Å². The van der Waals surface area contributed by atoms with Crippen molar-refractivity contribution >= 4 is 29.9 Å². The fourth-order valence-electron chi connectivity index (χ4n) is 1.90. The number of nitrogens with two attached hydrogens (primary N) is 1. The number of hydrogen-bond donors (Lipinski definition) is 2. The van der Waals surface area contributed by atoms with E-state index in [2.05, 4.69) is 22.3 Å². The summed E-state index contributed by atoms with van der Waals surface area (Å²) in [5.74, 6) is 0.485. The number of benzene rings is 1. The predicted octanol–water partition coefficient (Wildman–Crippen LogP) is 2.61. The van der Waals surface area contributed by atoms with Gasteiger partial charge in [-0.05, 0) is 31.0 Å². The Morgan fingerprint density at radius 1 is 1.33 bits per heavy atom. The van der Waals surface area contributed by atoms with E-state index in [9.17, 15) is 0 Å². The van der Waals surface area contributed by atoms with Gasteiger partial charge in [-0.3, -0.25) is 0 Å². The molecule has 0 saturated heterocycles. The van der Waals surface area contributed by atoms with Crippen molar-refractivity contribution in [2.45, 2.75) is 26.8 Å². The smallest absolute Gasteiger partial charge is 0.188 e. The molecule has 0 aliphatic carbocycles. The fourth-order valence-corrected chi connectivity index (χ4v) is 1.90. The highest BCUT2D eigenvalue weighted by Crippen LogP contribution is 2.15. The van der Waals surface area contributed by atoms with E-state index in [1.807, 2.05) is 48.1 Å². The van der Waals surface area contributed by atoms with Gasteiger partial charge in [-0.25, -0.2) is 9.67 Å². The number of rotatable bonds is 5. The van der Waals surface area contributed by atoms with Crippen LogP contribution < -0.4 is 11.1 Å². The zero-order valence-electron chi connectivity index (χ0n) is 12.4. The summed E-state index contributed by atoms with van der Waals surface area (Å²) in [6.45, 7) is 5.45. The molecule has 0 saturated carbocycles. The molecule has 0 fully saturated rings. The van der Waals surface area contributed by atoms with Crippen molar-refractivity contribution in [1.82, 2.24) is 15.1 Å². The van der Waals surface area contributed by atoms with Crippen LogP contribution in [-0.2, 0) is 6.54 Å². The number of halogens is 1. The minimum Gasteiger partial charge on any atom is -0.370 e. The van der Waals surface area contributed by atoms with Crippen LogP contribution >= 0.6 is 24.0 Å². The van der Waals surface area contributed by atoms with Crippen LogP contribution in [0.15, 0.2) is 41.5 Å². The predicted molar refractivity (Wildman–Crippen MR) is 97.3 cm³/mol. The van der Waals surface area contributed by atoms with Crippen LogP contribution in [0.25, 0.3) is 5.69 Å². The van der Waals surface area contributed by atoms with Crippen molar-refractivity contribution in [2.75, 3.05) is 6.54 Å². The number of aromatic nitrogens is 2. The third-order valence-corrected chi connectivity index (χ3v) is 2.94. The van der Waals surface area contributed by atoms with Crippen LogP contribution in [0.3, 0.4) is 0 Å². The van der Waals surface area contributed by atoms with E-state index in [1.165, 1.54) is 0 Å². The van der Waals surface area contributed by atoms with Crippen LogP contribution in [0.5, 0.6) is 0 Å². The highest BCUT2D eigenvalue weighted by Gasteiger charge is 2.04. The Balaban J connectivity index is 0.00000220. The second kappa shape index (κ2) is 8.66. The van der Waals surface area contributed by atoms with Crippen molar-refractivity contribution in [3.63, 3.8) is 0 Å². The fraction of sp³-hybridized carbons (Fsp3) is 0.333. The maximum absolute atomic E-state index is 5.82. The summed E-state index contributed by atoms with van der Waals surface area (Å²) in [6.07, 6.45) is 2.98. The topological polar surface area (TPSA) is 68.2 Å². The number of hydrogen-bond acceptors (Lipinski definition) is 2. The number of nitrogens with zero attached hydrogens (tertiary/aromatic N) is 3. The second-order valence-electron chi connectivity index (χ2n) is 4.66. The van der Waals surface area contributed by atoms with Crippen LogP contribution in [0.1, 0.15) is 24.6 Å². The van der Waals surface area contributed by atoms with Gasteiger partial charge in [-0.15, -0.1) is 24.0 Å². The van der Waals surface area contributed by atoms with E-state index in [4.69, 9.17) is 5.73 Å². The SMILES string of the molecule is CCCNC(N)=NCc1ccccc1-n1ccc(C)n1.I. The number of aryl methyl sites for hydroxylation is 1. The largest absolute Gasteiger partial charge is 0.370 e. The first-order valence-corrected chi connectivity index (χ1v) is 6.85. The molecule has 3 N–H and O–H groups in total. The molecule has 0 unspecified atom stereocenters. The maximum atomic E-state index is 5.82. The van der Waals surface area contributed by atoms with E-state index in [-0.39, 0.29) is 24.0 Å². The van der Waals surface area contributed by atoms with Gasteiger partial charge in [0.2, 0.25) is 0 Å². The first kappa shape index (κ1) is 17.5. The first-order valence-electron chi connectivity index (χ1n) is 6.85. The summed E-state index contributed by atoms with van der Waals surface area (Å²) >= 11 is 0. The molecule has 0 atom stereocenters. The molecule has 0 aliphatic rings. The van der Waals surface area contributed by atoms with Crippen molar-refractivity contribution < 1.29 is 0 Å². The van der Waals surface area contributed by atoms with E-state index in [0.29, 0.717) is 12.5 Å². The first-order chi connectivity index (χ1) is 9.70. The molecular formula is C15H22IN5. The van der Waals surface area contributed by atoms with Gasteiger partial charge < -0.3 is 11.1 Å². The molecule has 6 heteroatoms. The van der Waals surface area contributed by atoms with Crippen molar-refractivity contribution in [3.8, 4) is 5.69 Å². The molecule has 0 radical (unpaired) electrons. The lowest BCUT2D eigenvalue weighted by molar-refractivity contribution is 0.819. The van der Waals surface area contributed by atoms with Gasteiger partial charge in [0.05, 0.1) is 17.9 Å². The molecule has 0 aliphatic heterocycles. The van der Waals surface area contributed by atoms with Gasteiger partial charge in [-0.1, -0.05) is 25.1 Å². The molecule has 1 aromatic carbocycles. The van der Waals surface area contributed by atoms with Gasteiger partial charge in [0, 0.05) is 12.7 Å². The average Bonchev–Trinajstić information content (AvgIpc) is 2.89. The summed E-state index contributed by atoms with van der Waals surface area (Å²) in [5, 5.41) is 7.51. The van der Waals surface area contributed by atoms with Gasteiger partial charge in [0.25, 0.3) is 0 Å². The maximum Gasteiger partial charge on any atom is 0.188 e. The lowest BCUT2D eigenvalue weighted by Gasteiger charge is -2.08. The lowest BCUT2D eigenvalue weighted by atomic mass is 10.2. The van der Waals surface area contributed by atoms with Crippen molar-refractivity contribution in [2.24, 2.45) is 10.7 Å². The average molecular weight is 399 g/mol. The van der Waals surface area contributed by atoms with Gasteiger partial charge in [0.15, 0.2) is 5.96 Å². The molecule has 21 heavy (non-hydrogen) atoms. The Bertz CT molecular complexity index is 591. The Morgan fingerprint density at radius 3 is 2.76 bits per heavy atom. The third-order valence-electron chi connectivity index (χ3n) is 2.94. The Hall–Kier alpha value is -1.57. The van der Waals surface area contributed by atoms with Crippen molar-refractivity contribution in [1.29, 1.82) is 0 Å². The second-order valence-corrected chi connectivity index (χ2v) is 4.66. The molecule has 0 bridgehead atoms. The number of guanidine groups is 1. The zero-order chi connectivity index (χ0) is 14.4. The number of aliphatic imine (C=N–C) groups is 1.